The first-order valence-electron chi connectivity index (χ1n) is 9.20. The molecule has 0 aliphatic carbocycles. The number of anilines is 1. The van der Waals surface area contributed by atoms with Gasteiger partial charge in [-0.3, -0.25) is 19.7 Å². The van der Waals surface area contributed by atoms with Crippen molar-refractivity contribution in [1.29, 1.82) is 0 Å². The van der Waals surface area contributed by atoms with Crippen molar-refractivity contribution in [2.45, 2.75) is 0 Å². The van der Waals surface area contributed by atoms with Gasteiger partial charge < -0.3 is 15.4 Å². The van der Waals surface area contributed by atoms with Crippen LogP contribution in [0.1, 0.15) is 10.4 Å². The van der Waals surface area contributed by atoms with Crippen molar-refractivity contribution in [3.8, 4) is 0 Å². The molecule has 3 aromatic carbocycles. The third-order valence-corrected chi connectivity index (χ3v) is 4.14. The SMILES string of the molecule is O=C(COC(=O)CNC(=O)c1ccc2ccccc2c1)NC(=O)Nc1ccccc1F. The van der Waals surface area contributed by atoms with E-state index in [2.05, 4.69) is 10.6 Å². The van der Waals surface area contributed by atoms with Gasteiger partial charge in [-0.25, -0.2) is 9.18 Å². The molecule has 8 nitrogen and oxygen atoms in total. The van der Waals surface area contributed by atoms with Gasteiger partial charge in [0, 0.05) is 5.56 Å². The lowest BCUT2D eigenvalue weighted by Gasteiger charge is -2.09. The van der Waals surface area contributed by atoms with Crippen molar-refractivity contribution in [2.24, 2.45) is 0 Å². The number of benzene rings is 3. The fourth-order valence-electron chi connectivity index (χ4n) is 2.66. The van der Waals surface area contributed by atoms with Crippen LogP contribution in [-0.2, 0) is 14.3 Å². The maximum atomic E-state index is 13.5. The number of rotatable bonds is 6. The van der Waals surface area contributed by atoms with E-state index in [1.54, 1.807) is 18.2 Å². The summed E-state index contributed by atoms with van der Waals surface area (Å²) >= 11 is 0. The molecule has 0 aromatic heterocycles. The maximum Gasteiger partial charge on any atom is 0.326 e. The summed E-state index contributed by atoms with van der Waals surface area (Å²) in [7, 11) is 0. The molecule has 0 radical (unpaired) electrons. The van der Waals surface area contributed by atoms with E-state index >= 15 is 0 Å². The van der Waals surface area contributed by atoms with E-state index in [9.17, 15) is 23.6 Å². The molecule has 0 aliphatic heterocycles. The van der Waals surface area contributed by atoms with Gasteiger partial charge in [0.2, 0.25) is 0 Å². The van der Waals surface area contributed by atoms with Crippen molar-refractivity contribution in [2.75, 3.05) is 18.5 Å². The molecule has 0 spiro atoms. The molecule has 9 heteroatoms. The van der Waals surface area contributed by atoms with Crippen LogP contribution >= 0.6 is 0 Å². The fourth-order valence-corrected chi connectivity index (χ4v) is 2.66. The second kappa shape index (κ2) is 9.97. The Hall–Kier alpha value is -4.27. The Morgan fingerprint density at radius 2 is 1.58 bits per heavy atom. The summed E-state index contributed by atoms with van der Waals surface area (Å²) in [6, 6.07) is 17.1. The number of urea groups is 1. The normalized spacial score (nSPS) is 10.2. The summed E-state index contributed by atoms with van der Waals surface area (Å²) in [6.07, 6.45) is 0. The number of nitrogens with one attached hydrogen (secondary N) is 3. The van der Waals surface area contributed by atoms with E-state index in [1.807, 2.05) is 29.6 Å². The van der Waals surface area contributed by atoms with E-state index < -0.39 is 42.8 Å². The van der Waals surface area contributed by atoms with Gasteiger partial charge in [0.05, 0.1) is 5.69 Å². The van der Waals surface area contributed by atoms with E-state index in [4.69, 9.17) is 4.74 Å². The van der Waals surface area contributed by atoms with E-state index in [0.29, 0.717) is 5.56 Å². The maximum absolute atomic E-state index is 13.5. The van der Waals surface area contributed by atoms with Crippen LogP contribution in [0.3, 0.4) is 0 Å². The lowest BCUT2D eigenvalue weighted by molar-refractivity contribution is -0.147. The zero-order valence-electron chi connectivity index (χ0n) is 16.2. The minimum absolute atomic E-state index is 0.110. The number of fused-ring (bicyclic) bond motifs is 1. The number of carbonyl (C=O) groups is 4. The highest BCUT2D eigenvalue weighted by atomic mass is 19.1. The van der Waals surface area contributed by atoms with Crippen LogP contribution in [0, 0.1) is 5.82 Å². The zero-order chi connectivity index (χ0) is 22.2. The largest absolute Gasteiger partial charge is 0.454 e. The molecule has 0 saturated carbocycles. The molecule has 0 heterocycles. The Kier molecular flexibility index (Phi) is 6.89. The summed E-state index contributed by atoms with van der Waals surface area (Å²) in [4.78, 5) is 47.3. The van der Waals surface area contributed by atoms with Gasteiger partial charge >= 0.3 is 12.0 Å². The molecule has 0 saturated heterocycles. The molecular weight excluding hydrogens is 405 g/mol. The Labute approximate surface area is 176 Å². The average Bonchev–Trinajstić information content (AvgIpc) is 2.77. The zero-order valence-corrected chi connectivity index (χ0v) is 16.2. The van der Waals surface area contributed by atoms with Gasteiger partial charge in [-0.2, -0.15) is 0 Å². The molecular formula is C22H18FN3O5. The predicted molar refractivity (Wildman–Crippen MR) is 111 cm³/mol. The molecule has 3 N–H and O–H groups in total. The molecule has 0 unspecified atom stereocenters. The lowest BCUT2D eigenvalue weighted by Crippen LogP contribution is -2.38. The number of esters is 1. The van der Waals surface area contributed by atoms with Crippen molar-refractivity contribution in [3.63, 3.8) is 0 Å². The Morgan fingerprint density at radius 3 is 2.35 bits per heavy atom. The first-order chi connectivity index (χ1) is 14.9. The van der Waals surface area contributed by atoms with Crippen LogP contribution in [0.5, 0.6) is 0 Å². The Bertz CT molecular complexity index is 1150. The van der Waals surface area contributed by atoms with Crippen LogP contribution in [0.25, 0.3) is 10.8 Å². The van der Waals surface area contributed by atoms with Gasteiger partial charge in [0.1, 0.15) is 12.4 Å². The molecule has 3 aromatic rings. The minimum Gasteiger partial charge on any atom is -0.454 e. The number of halogens is 1. The first-order valence-corrected chi connectivity index (χ1v) is 9.20. The second-order valence-electron chi connectivity index (χ2n) is 6.39. The third-order valence-electron chi connectivity index (χ3n) is 4.14. The van der Waals surface area contributed by atoms with Crippen molar-refractivity contribution >= 4 is 40.3 Å². The van der Waals surface area contributed by atoms with Crippen LogP contribution in [0.2, 0.25) is 0 Å². The van der Waals surface area contributed by atoms with E-state index in [0.717, 1.165) is 16.8 Å². The Balaban J connectivity index is 1.41. The highest BCUT2D eigenvalue weighted by Crippen LogP contribution is 2.15. The fraction of sp³-hybridized carbons (Fsp3) is 0.0909. The van der Waals surface area contributed by atoms with Gasteiger partial charge in [-0.1, -0.05) is 42.5 Å². The smallest absolute Gasteiger partial charge is 0.326 e. The summed E-state index contributed by atoms with van der Waals surface area (Å²) in [5.74, 6) is -2.92. The monoisotopic (exact) mass is 423 g/mol. The first kappa shape index (κ1) is 21.4. The molecule has 4 amide bonds. The van der Waals surface area contributed by atoms with Crippen LogP contribution in [0.15, 0.2) is 66.7 Å². The van der Waals surface area contributed by atoms with Crippen molar-refractivity contribution < 1.29 is 28.3 Å². The lowest BCUT2D eigenvalue weighted by atomic mass is 10.1. The highest BCUT2D eigenvalue weighted by Gasteiger charge is 2.14. The van der Waals surface area contributed by atoms with Crippen LogP contribution in [0.4, 0.5) is 14.9 Å². The summed E-state index contributed by atoms with van der Waals surface area (Å²) in [5, 5.41) is 8.31. The molecule has 3 rings (SSSR count). The van der Waals surface area contributed by atoms with E-state index in [1.165, 1.54) is 18.2 Å². The minimum atomic E-state index is -0.976. The number of carbonyl (C=O) groups excluding carboxylic acids is 4. The van der Waals surface area contributed by atoms with Crippen LogP contribution < -0.4 is 16.0 Å². The van der Waals surface area contributed by atoms with Gasteiger partial charge in [-0.15, -0.1) is 0 Å². The molecule has 0 fully saturated rings. The standard InChI is InChI=1S/C22H18FN3O5/c23-17-7-3-4-8-18(17)25-22(30)26-19(27)13-31-20(28)12-24-21(29)16-10-9-14-5-1-2-6-15(14)11-16/h1-11H,12-13H2,(H,24,29)(H2,25,26,27,30). The van der Waals surface area contributed by atoms with Gasteiger partial charge in [0.15, 0.2) is 6.61 Å². The number of imide groups is 1. The number of para-hydroxylation sites is 1. The molecule has 0 atom stereocenters. The third kappa shape index (κ3) is 6.10. The quantitative estimate of drug-likeness (QED) is 0.528. The molecule has 0 aliphatic rings. The molecule has 158 valence electrons. The summed E-state index contributed by atoms with van der Waals surface area (Å²) in [6.45, 7) is -1.20. The number of amides is 4. The second-order valence-corrected chi connectivity index (χ2v) is 6.39. The van der Waals surface area contributed by atoms with Gasteiger partial charge in [0.25, 0.3) is 11.8 Å². The average molecular weight is 423 g/mol. The van der Waals surface area contributed by atoms with Crippen molar-refractivity contribution in [3.05, 3.63) is 78.1 Å². The number of ether oxygens (including phenoxy) is 1. The summed E-state index contributed by atoms with van der Waals surface area (Å²) < 4.78 is 18.2. The topological polar surface area (TPSA) is 114 Å². The van der Waals surface area contributed by atoms with Crippen molar-refractivity contribution in [1.82, 2.24) is 10.6 Å². The summed E-state index contributed by atoms with van der Waals surface area (Å²) in [5.41, 5.74) is 0.259. The number of hydrogen-bond donors (Lipinski definition) is 3. The molecule has 0 bridgehead atoms. The molecule has 31 heavy (non-hydrogen) atoms. The van der Waals surface area contributed by atoms with Crippen LogP contribution in [-0.4, -0.2) is 37.0 Å². The van der Waals surface area contributed by atoms with Gasteiger partial charge in [-0.05, 0) is 35.0 Å². The Morgan fingerprint density at radius 1 is 0.871 bits per heavy atom. The highest BCUT2D eigenvalue weighted by molar-refractivity contribution is 6.02. The predicted octanol–water partition coefficient (Wildman–Crippen LogP) is 2.60. The number of hydrogen-bond acceptors (Lipinski definition) is 5. The van der Waals surface area contributed by atoms with E-state index in [-0.39, 0.29) is 5.69 Å².